The van der Waals surface area contributed by atoms with Crippen molar-refractivity contribution in [3.63, 3.8) is 0 Å². The molecule has 0 amide bonds. The molecule has 0 spiro atoms. The first kappa shape index (κ1) is 88.3. The van der Waals surface area contributed by atoms with E-state index in [-0.39, 0.29) is 69.9 Å². The number of para-hydroxylation sites is 1. The molecule has 0 atom stereocenters. The predicted octanol–water partition coefficient (Wildman–Crippen LogP) is 24.6. The summed E-state index contributed by atoms with van der Waals surface area (Å²) in [7, 11) is 9.15. The van der Waals surface area contributed by atoms with Crippen molar-refractivity contribution in [1.29, 1.82) is 0 Å². The van der Waals surface area contributed by atoms with Gasteiger partial charge in [-0.1, -0.05) is 333 Å². The lowest BCUT2D eigenvalue weighted by molar-refractivity contribution is 0.414. The molecule has 0 saturated carbocycles. The number of hydrogen-bond acceptors (Lipinski definition) is 16. The SMILES string of the molecule is CN(C)c1ccc(C=Cc2nc(C(Cl)(Cl)Cl)nc(C(Cl)(Cl)Cl)n2)cc1.COc1ccc(-c2c(C=Cc3nc(C(Cl)(Cl)Cl)nc(C(Cl)(Cl)Cl)n3)c3ccccc3n2C)cc1.COc1ccc(C=Cc2nc(C(Cl)(Cl)Cl)nc(C(Cl)(Cl)Cl)n2)cc1.ClC(Cl)(Cl)c1nc(/C=C/c2ccco2)nc(C(Cl)(Cl)Cl)n1. The summed E-state index contributed by atoms with van der Waals surface area (Å²) >= 11 is 140. The molecule has 4 aromatic carbocycles. The minimum Gasteiger partial charge on any atom is -0.497 e. The summed E-state index contributed by atoms with van der Waals surface area (Å²) in [6, 6.07) is 34.5. The Morgan fingerprint density at radius 1 is 0.346 bits per heavy atom. The number of furan rings is 1. The Morgan fingerprint density at radius 3 is 0.962 bits per heavy atom. The minimum atomic E-state index is -1.93. The summed E-state index contributed by atoms with van der Waals surface area (Å²) in [6.07, 6.45) is 14.9. The second-order valence-corrected chi connectivity index (χ2v) is 38.8. The molecule has 0 aliphatic rings. The van der Waals surface area contributed by atoms with Crippen molar-refractivity contribution in [2.45, 2.75) is 30.3 Å². The molecule has 0 bridgehead atoms. The standard InChI is InChI=1S/C23H16Cl6N4O.C15H12Cl6N4.C14H9Cl6N3O.C11H5Cl6N3O/c1-33-17-6-4-3-5-15(17)16(19(33)13-7-9-14(34-2)10-8-13)11-12-18-30-20(22(24,25)26)32-21(31-18)23(27,28)29;1-25(2)10-6-3-9(4-7-10)5-8-11-22-12(14(16,17)18)24-13(23-11)15(19,20)21;1-24-9-5-2-8(3-6-9)4-7-10-21-11(13(15,16)17)23-12(22-10)14(18,19)20;12-10(13,14)8-18-7(4-3-6-2-1-5-21-6)19-9(20-8)11(15,16)17/h3-12H,1-2H3;3-8H,1-2H3;2-7H,1H3;1-5H/b;;;4-3+. The number of halogens is 24. The highest BCUT2D eigenvalue weighted by molar-refractivity contribution is 6.70. The Bertz CT molecular complexity index is 4550. The van der Waals surface area contributed by atoms with Crippen LogP contribution in [0.1, 0.15) is 92.3 Å². The molecule has 10 rings (SSSR count). The van der Waals surface area contributed by atoms with Crippen LogP contribution in [0.15, 0.2) is 120 Å². The van der Waals surface area contributed by atoms with E-state index in [4.69, 9.17) is 292 Å². The topological polar surface area (TPSA) is 194 Å². The van der Waals surface area contributed by atoms with Gasteiger partial charge in [-0.05, 0) is 120 Å². The molecule has 41 heteroatoms. The van der Waals surface area contributed by atoms with E-state index in [1.807, 2.05) is 129 Å². The fraction of sp³-hybridized carbons (Fsp3) is 0.206. The van der Waals surface area contributed by atoms with Gasteiger partial charge in [0.1, 0.15) is 17.3 Å². The van der Waals surface area contributed by atoms with Crippen molar-refractivity contribution in [3.8, 4) is 22.8 Å². The number of nitrogens with zero attached hydrogens (tertiary/aromatic N) is 14. The number of aromatic nitrogens is 13. The van der Waals surface area contributed by atoms with Crippen LogP contribution >= 0.6 is 278 Å². The van der Waals surface area contributed by atoms with E-state index >= 15 is 0 Å². The van der Waals surface area contributed by atoms with Gasteiger partial charge in [0.2, 0.25) is 30.3 Å². The van der Waals surface area contributed by atoms with Gasteiger partial charge in [0.25, 0.3) is 0 Å². The lowest BCUT2D eigenvalue weighted by Crippen LogP contribution is -2.16. The maximum Gasteiger partial charge on any atom is 0.250 e. The van der Waals surface area contributed by atoms with Crippen molar-refractivity contribution in [2.24, 2.45) is 7.05 Å². The van der Waals surface area contributed by atoms with Crippen LogP contribution in [0.3, 0.4) is 0 Å². The number of anilines is 1. The number of fused-ring (bicyclic) bond motifs is 1. The average molecular weight is 1890 g/mol. The molecule has 6 aromatic heterocycles. The zero-order valence-electron chi connectivity index (χ0n) is 52.6. The molecular formula is C63H42Cl24N14O3. The van der Waals surface area contributed by atoms with Gasteiger partial charge in [-0.3, -0.25) is 0 Å². The van der Waals surface area contributed by atoms with Gasteiger partial charge in [-0.2, -0.15) is 0 Å². The number of aryl methyl sites for hydroxylation is 1. The Kier molecular flexibility index (Phi) is 31.7. The lowest BCUT2D eigenvalue weighted by Gasteiger charge is -2.14. The summed E-state index contributed by atoms with van der Waals surface area (Å²) in [5.41, 5.74) is 6.85. The molecule has 10 aromatic rings. The number of ether oxygens (including phenoxy) is 2. The first-order valence-electron chi connectivity index (χ1n) is 28.2. The van der Waals surface area contributed by atoms with Crippen LogP contribution < -0.4 is 14.4 Å². The molecule has 550 valence electrons. The summed E-state index contributed by atoms with van der Waals surface area (Å²) in [6.45, 7) is 0. The molecule has 0 radical (unpaired) electrons. The average Bonchev–Trinajstić information content (AvgIpc) is 1.60. The van der Waals surface area contributed by atoms with Gasteiger partial charge in [-0.25, -0.2) is 59.8 Å². The van der Waals surface area contributed by atoms with E-state index in [1.165, 1.54) is 12.3 Å². The molecule has 0 unspecified atom stereocenters. The number of hydrogen-bond donors (Lipinski definition) is 0. The van der Waals surface area contributed by atoms with Gasteiger partial charge in [-0.15, -0.1) is 0 Å². The monoisotopic (exact) mass is 1880 g/mol. The maximum absolute atomic E-state index is 5.99. The molecule has 0 aliphatic heterocycles. The van der Waals surface area contributed by atoms with E-state index < -0.39 is 30.3 Å². The summed E-state index contributed by atoms with van der Waals surface area (Å²) in [5.74, 6) is 1.67. The highest BCUT2D eigenvalue weighted by Gasteiger charge is 2.38. The van der Waals surface area contributed by atoms with Crippen LogP contribution in [0.5, 0.6) is 11.5 Å². The first-order chi connectivity index (χ1) is 48.2. The highest BCUT2D eigenvalue weighted by atomic mass is 35.6. The van der Waals surface area contributed by atoms with Crippen molar-refractivity contribution < 1.29 is 13.9 Å². The van der Waals surface area contributed by atoms with Gasteiger partial charge in [0.15, 0.2) is 69.9 Å². The number of rotatable bonds is 12. The molecule has 0 saturated heterocycles. The van der Waals surface area contributed by atoms with E-state index in [1.54, 1.807) is 62.8 Å². The van der Waals surface area contributed by atoms with Gasteiger partial charge in [0, 0.05) is 43.3 Å². The third kappa shape index (κ3) is 26.6. The Balaban J connectivity index is 0.000000197. The molecular weight excluding hydrogens is 1850 g/mol. The summed E-state index contributed by atoms with van der Waals surface area (Å²) in [5, 5.41) is 1.03. The predicted molar refractivity (Wildman–Crippen MR) is 436 cm³/mol. The second-order valence-electron chi connectivity index (χ2n) is 20.5. The molecule has 0 aliphatic carbocycles. The van der Waals surface area contributed by atoms with Gasteiger partial charge in [0.05, 0.1) is 26.2 Å². The summed E-state index contributed by atoms with van der Waals surface area (Å²) < 4.78 is 2.54. The fourth-order valence-corrected chi connectivity index (χ4v) is 10.2. The zero-order chi connectivity index (χ0) is 77.1. The van der Waals surface area contributed by atoms with Crippen molar-refractivity contribution in [2.75, 3.05) is 33.2 Å². The Labute approximate surface area is 715 Å². The fourth-order valence-electron chi connectivity index (χ4n) is 8.21. The van der Waals surface area contributed by atoms with Crippen LogP contribution in [0.25, 0.3) is 70.8 Å². The van der Waals surface area contributed by atoms with Crippen LogP contribution in [0, 0.1) is 0 Å². The Morgan fingerprint density at radius 2 is 0.654 bits per heavy atom. The lowest BCUT2D eigenvalue weighted by atomic mass is 10.0. The molecule has 0 fully saturated rings. The zero-order valence-corrected chi connectivity index (χ0v) is 70.8. The molecule has 17 nitrogen and oxygen atoms in total. The largest absolute Gasteiger partial charge is 0.497 e. The molecule has 0 N–H and O–H groups in total. The van der Waals surface area contributed by atoms with Crippen molar-refractivity contribution >= 4 is 344 Å². The van der Waals surface area contributed by atoms with Gasteiger partial charge >= 0.3 is 0 Å². The first-order valence-corrected chi connectivity index (χ1v) is 37.3. The van der Waals surface area contributed by atoms with Gasteiger partial charge < -0.3 is 23.4 Å². The minimum absolute atomic E-state index is 0.128. The normalized spacial score (nSPS) is 12.7. The summed E-state index contributed by atoms with van der Waals surface area (Å²) in [4.78, 5) is 50.4. The van der Waals surface area contributed by atoms with Crippen LogP contribution in [-0.4, -0.2) is 92.7 Å². The maximum atomic E-state index is 5.99. The van der Waals surface area contributed by atoms with Crippen molar-refractivity contribution in [3.05, 3.63) is 208 Å². The third-order valence-corrected chi connectivity index (χ3v) is 16.9. The van der Waals surface area contributed by atoms with E-state index in [9.17, 15) is 0 Å². The van der Waals surface area contributed by atoms with E-state index in [0.717, 1.165) is 56.0 Å². The highest BCUT2D eigenvalue weighted by Crippen LogP contribution is 2.45. The molecule has 6 heterocycles. The second kappa shape index (κ2) is 37.4. The quantitative estimate of drug-likeness (QED) is 0.105. The van der Waals surface area contributed by atoms with Crippen LogP contribution in [0.4, 0.5) is 5.69 Å². The van der Waals surface area contributed by atoms with Crippen molar-refractivity contribution in [1.82, 2.24) is 64.4 Å². The number of alkyl halides is 24. The van der Waals surface area contributed by atoms with E-state index in [2.05, 4.69) is 64.4 Å². The number of benzene rings is 4. The smallest absolute Gasteiger partial charge is 0.250 e. The van der Waals surface area contributed by atoms with E-state index in [0.29, 0.717) is 5.76 Å². The molecule has 104 heavy (non-hydrogen) atoms. The van der Waals surface area contributed by atoms with Crippen LogP contribution in [-0.2, 0) is 37.4 Å². The number of methoxy groups -OCH3 is 2. The third-order valence-electron chi connectivity index (χ3n) is 12.9. The van der Waals surface area contributed by atoms with Crippen LogP contribution in [0.2, 0.25) is 0 Å². The Hall–Kier alpha value is -2.94.